The molecule has 0 aliphatic heterocycles. The topological polar surface area (TPSA) is 12.0 Å². The molecule has 1 N–H and O–H groups in total. The van der Waals surface area contributed by atoms with Crippen LogP contribution in [0.5, 0.6) is 0 Å². The molecule has 1 rings (SSSR count). The second kappa shape index (κ2) is 10.3. The van der Waals surface area contributed by atoms with Crippen LogP contribution in [0.15, 0.2) is 24.3 Å². The van der Waals surface area contributed by atoms with Crippen LogP contribution >= 0.6 is 11.8 Å². The SMILES string of the molecule is CCCNC(CSCCC(C)C)c1ccc(C(C)C)cc1. The Kier molecular flexibility index (Phi) is 9.10. The van der Waals surface area contributed by atoms with Crippen LogP contribution in [0.2, 0.25) is 0 Å². The van der Waals surface area contributed by atoms with E-state index in [0.717, 1.165) is 12.5 Å². The molecule has 0 aliphatic carbocycles. The molecule has 1 unspecified atom stereocenters. The Balaban J connectivity index is 2.58. The summed E-state index contributed by atoms with van der Waals surface area (Å²) in [6, 6.07) is 9.69. The second-order valence-corrected chi connectivity index (χ2v) is 7.74. The van der Waals surface area contributed by atoms with Crippen molar-refractivity contribution < 1.29 is 0 Å². The van der Waals surface area contributed by atoms with Gasteiger partial charge in [0, 0.05) is 11.8 Å². The molecular formula is C19H33NS. The van der Waals surface area contributed by atoms with Gasteiger partial charge < -0.3 is 5.32 Å². The normalized spacial score (nSPS) is 13.1. The predicted octanol–water partition coefficient (Wildman–Crippen LogP) is 5.63. The summed E-state index contributed by atoms with van der Waals surface area (Å²) in [7, 11) is 0. The molecular weight excluding hydrogens is 274 g/mol. The van der Waals surface area contributed by atoms with Crippen molar-refractivity contribution in [3.8, 4) is 0 Å². The van der Waals surface area contributed by atoms with Crippen LogP contribution in [-0.2, 0) is 0 Å². The Morgan fingerprint density at radius 3 is 2.14 bits per heavy atom. The maximum absolute atomic E-state index is 3.70. The summed E-state index contributed by atoms with van der Waals surface area (Å²) in [4.78, 5) is 0. The summed E-state index contributed by atoms with van der Waals surface area (Å²) >= 11 is 2.08. The van der Waals surface area contributed by atoms with Crippen molar-refractivity contribution >= 4 is 11.8 Å². The zero-order valence-electron chi connectivity index (χ0n) is 14.5. The van der Waals surface area contributed by atoms with Crippen molar-refractivity contribution in [1.82, 2.24) is 5.32 Å². The molecule has 0 spiro atoms. The van der Waals surface area contributed by atoms with E-state index < -0.39 is 0 Å². The number of rotatable bonds is 10. The Morgan fingerprint density at radius 2 is 1.62 bits per heavy atom. The number of hydrogen-bond donors (Lipinski definition) is 1. The molecule has 0 saturated carbocycles. The quantitative estimate of drug-likeness (QED) is 0.562. The molecule has 0 fully saturated rings. The van der Waals surface area contributed by atoms with Crippen molar-refractivity contribution in [2.45, 2.75) is 59.4 Å². The number of benzene rings is 1. The van der Waals surface area contributed by atoms with E-state index in [1.807, 2.05) is 0 Å². The molecule has 1 atom stereocenters. The van der Waals surface area contributed by atoms with Crippen LogP contribution in [0.25, 0.3) is 0 Å². The summed E-state index contributed by atoms with van der Waals surface area (Å²) in [5.41, 5.74) is 2.87. The van der Waals surface area contributed by atoms with Gasteiger partial charge in [-0.1, -0.05) is 58.9 Å². The van der Waals surface area contributed by atoms with Gasteiger partial charge in [-0.3, -0.25) is 0 Å². The minimum atomic E-state index is 0.489. The van der Waals surface area contributed by atoms with Crippen molar-refractivity contribution in [2.24, 2.45) is 5.92 Å². The van der Waals surface area contributed by atoms with Crippen molar-refractivity contribution in [1.29, 1.82) is 0 Å². The first-order valence-corrected chi connectivity index (χ1v) is 9.61. The smallest absolute Gasteiger partial charge is 0.0411 e. The van der Waals surface area contributed by atoms with Gasteiger partial charge in [0.25, 0.3) is 0 Å². The van der Waals surface area contributed by atoms with E-state index >= 15 is 0 Å². The number of thioether (sulfide) groups is 1. The molecule has 1 aromatic carbocycles. The van der Waals surface area contributed by atoms with Gasteiger partial charge in [0.2, 0.25) is 0 Å². The minimum Gasteiger partial charge on any atom is -0.309 e. The Bertz CT molecular complexity index is 370. The lowest BCUT2D eigenvalue weighted by molar-refractivity contribution is 0.576. The fourth-order valence-corrected chi connectivity index (χ4v) is 3.58. The average Bonchev–Trinajstić information content (AvgIpc) is 2.46. The van der Waals surface area contributed by atoms with Crippen molar-refractivity contribution in [3.63, 3.8) is 0 Å². The largest absolute Gasteiger partial charge is 0.309 e. The molecule has 0 heterocycles. The van der Waals surface area contributed by atoms with Gasteiger partial charge in [0.15, 0.2) is 0 Å². The lowest BCUT2D eigenvalue weighted by Gasteiger charge is -2.20. The number of hydrogen-bond acceptors (Lipinski definition) is 2. The van der Waals surface area contributed by atoms with Gasteiger partial charge in [-0.15, -0.1) is 0 Å². The highest BCUT2D eigenvalue weighted by molar-refractivity contribution is 7.99. The Hall–Kier alpha value is -0.470. The lowest BCUT2D eigenvalue weighted by Crippen LogP contribution is -2.24. The molecule has 0 saturated heterocycles. The van der Waals surface area contributed by atoms with E-state index in [0.29, 0.717) is 12.0 Å². The van der Waals surface area contributed by atoms with Crippen LogP contribution in [0.4, 0.5) is 0 Å². The van der Waals surface area contributed by atoms with E-state index in [2.05, 4.69) is 76.0 Å². The number of nitrogens with one attached hydrogen (secondary N) is 1. The third kappa shape index (κ3) is 7.37. The lowest BCUT2D eigenvalue weighted by atomic mass is 9.99. The molecule has 0 aromatic heterocycles. The van der Waals surface area contributed by atoms with Gasteiger partial charge in [-0.25, -0.2) is 0 Å². The van der Waals surface area contributed by atoms with E-state index in [9.17, 15) is 0 Å². The van der Waals surface area contributed by atoms with Gasteiger partial charge >= 0.3 is 0 Å². The zero-order chi connectivity index (χ0) is 15.7. The molecule has 0 aliphatic rings. The molecule has 1 nitrogen and oxygen atoms in total. The van der Waals surface area contributed by atoms with Crippen LogP contribution in [0, 0.1) is 5.92 Å². The van der Waals surface area contributed by atoms with Crippen LogP contribution in [-0.4, -0.2) is 18.1 Å². The van der Waals surface area contributed by atoms with Crippen LogP contribution < -0.4 is 5.32 Å². The van der Waals surface area contributed by atoms with Crippen molar-refractivity contribution in [3.05, 3.63) is 35.4 Å². The standard InChI is InChI=1S/C19H33NS/c1-6-12-20-19(14-21-13-11-15(2)3)18-9-7-17(8-10-18)16(4)5/h7-10,15-16,19-20H,6,11-14H2,1-5H3. The first-order valence-electron chi connectivity index (χ1n) is 8.45. The van der Waals surface area contributed by atoms with Crippen molar-refractivity contribution in [2.75, 3.05) is 18.1 Å². The molecule has 2 heteroatoms. The molecule has 120 valence electrons. The molecule has 0 bridgehead atoms. The van der Waals surface area contributed by atoms with E-state index in [-0.39, 0.29) is 0 Å². The predicted molar refractivity (Wildman–Crippen MR) is 98.3 cm³/mol. The summed E-state index contributed by atoms with van der Waals surface area (Å²) in [6.07, 6.45) is 2.51. The van der Waals surface area contributed by atoms with Gasteiger partial charge in [-0.05, 0) is 48.1 Å². The van der Waals surface area contributed by atoms with E-state index in [4.69, 9.17) is 0 Å². The fourth-order valence-electron chi connectivity index (χ4n) is 2.23. The monoisotopic (exact) mass is 307 g/mol. The summed E-state index contributed by atoms with van der Waals surface area (Å²) in [5, 5.41) is 3.70. The van der Waals surface area contributed by atoms with Gasteiger partial charge in [-0.2, -0.15) is 11.8 Å². The first kappa shape index (κ1) is 18.6. The Labute approximate surface area is 136 Å². The third-order valence-corrected chi connectivity index (χ3v) is 4.86. The van der Waals surface area contributed by atoms with E-state index in [1.165, 1.54) is 35.5 Å². The fraction of sp³-hybridized carbons (Fsp3) is 0.684. The molecule has 0 amide bonds. The van der Waals surface area contributed by atoms with Gasteiger partial charge in [0.05, 0.1) is 0 Å². The second-order valence-electron chi connectivity index (χ2n) is 6.59. The summed E-state index contributed by atoms with van der Waals surface area (Å²) in [6.45, 7) is 12.4. The van der Waals surface area contributed by atoms with Crippen LogP contribution in [0.1, 0.15) is 70.5 Å². The molecule has 21 heavy (non-hydrogen) atoms. The van der Waals surface area contributed by atoms with Crippen LogP contribution in [0.3, 0.4) is 0 Å². The Morgan fingerprint density at radius 1 is 1.00 bits per heavy atom. The summed E-state index contributed by atoms with van der Waals surface area (Å²) in [5.74, 6) is 3.87. The molecule has 1 aromatic rings. The maximum Gasteiger partial charge on any atom is 0.0411 e. The third-order valence-electron chi connectivity index (χ3n) is 3.77. The minimum absolute atomic E-state index is 0.489. The summed E-state index contributed by atoms with van der Waals surface area (Å²) < 4.78 is 0. The molecule has 0 radical (unpaired) electrons. The highest BCUT2D eigenvalue weighted by Crippen LogP contribution is 2.22. The van der Waals surface area contributed by atoms with E-state index in [1.54, 1.807) is 0 Å². The highest BCUT2D eigenvalue weighted by atomic mass is 32.2. The zero-order valence-corrected chi connectivity index (χ0v) is 15.3. The maximum atomic E-state index is 3.70. The first-order chi connectivity index (χ1) is 10.0. The van der Waals surface area contributed by atoms with Gasteiger partial charge in [0.1, 0.15) is 0 Å². The average molecular weight is 308 g/mol. The highest BCUT2D eigenvalue weighted by Gasteiger charge is 2.11.